The van der Waals surface area contributed by atoms with Gasteiger partial charge in [0, 0.05) is 42.5 Å². The van der Waals surface area contributed by atoms with Gasteiger partial charge in [-0.1, -0.05) is 0 Å². The third-order valence-corrected chi connectivity index (χ3v) is 6.52. The number of nitrogens with one attached hydrogen (secondary N) is 2. The second-order valence-electron chi connectivity index (χ2n) is 9.07. The van der Waals surface area contributed by atoms with Crippen LogP contribution in [0.3, 0.4) is 0 Å². The lowest BCUT2D eigenvalue weighted by molar-refractivity contribution is -0.149. The van der Waals surface area contributed by atoms with Gasteiger partial charge in [0.25, 0.3) is 5.91 Å². The molecule has 1 aliphatic rings. The first-order valence-electron chi connectivity index (χ1n) is 11.3. The molecule has 1 amide bonds. The zero-order valence-corrected chi connectivity index (χ0v) is 19.7. The molecule has 1 aliphatic heterocycles. The molecule has 5 rings (SSSR count). The highest BCUT2D eigenvalue weighted by Crippen LogP contribution is 2.39. The van der Waals surface area contributed by atoms with E-state index in [1.54, 1.807) is 28.6 Å². The van der Waals surface area contributed by atoms with E-state index in [-0.39, 0.29) is 25.2 Å². The maximum atomic E-state index is 15.2. The number of hydrogen-bond donors (Lipinski definition) is 2. The van der Waals surface area contributed by atoms with Crippen molar-refractivity contribution in [3.05, 3.63) is 60.3 Å². The lowest BCUT2D eigenvalue weighted by atomic mass is 9.86. The number of nitrogens with zero attached hydrogens (tertiary/aromatic N) is 6. The van der Waals surface area contributed by atoms with Crippen LogP contribution in [0.5, 0.6) is 0 Å². The molecule has 0 bridgehead atoms. The van der Waals surface area contributed by atoms with Gasteiger partial charge in [0.1, 0.15) is 29.4 Å². The van der Waals surface area contributed by atoms with Crippen LogP contribution in [-0.2, 0) is 5.54 Å². The Hall–Kier alpha value is -4.54. The molecule has 0 spiro atoms. The molecule has 1 fully saturated rings. The zero-order valence-electron chi connectivity index (χ0n) is 19.7. The second kappa shape index (κ2) is 9.09. The van der Waals surface area contributed by atoms with Gasteiger partial charge in [0.15, 0.2) is 5.82 Å². The summed E-state index contributed by atoms with van der Waals surface area (Å²) in [6.07, 6.45) is 1.63. The summed E-state index contributed by atoms with van der Waals surface area (Å²) in [6.45, 7) is 0.763. The maximum absolute atomic E-state index is 15.2. The number of halogens is 5. The van der Waals surface area contributed by atoms with Crippen LogP contribution in [0.4, 0.5) is 27.6 Å². The minimum absolute atomic E-state index is 0.0126. The van der Waals surface area contributed by atoms with Crippen molar-refractivity contribution in [3.8, 4) is 17.3 Å². The quantitative estimate of drug-likeness (QED) is 0.366. The first kappa shape index (κ1) is 25.1. The number of carbonyl (C=O) groups excluding carboxylic acids is 1. The Morgan fingerprint density at radius 3 is 2.76 bits per heavy atom. The van der Waals surface area contributed by atoms with E-state index in [9.17, 15) is 27.6 Å². The fourth-order valence-electron chi connectivity index (χ4n) is 4.45. The average molecular weight is 530 g/mol. The largest absolute Gasteiger partial charge is 0.408 e. The molecule has 1 saturated heterocycles. The van der Waals surface area contributed by atoms with Gasteiger partial charge < -0.3 is 15.2 Å². The number of carbonyl (C=O) groups is 1. The highest BCUT2D eigenvalue weighted by atomic mass is 19.4. The number of amides is 1. The molecule has 0 unspecified atom stereocenters. The minimum Gasteiger partial charge on any atom is -0.364 e. The first-order valence-corrected chi connectivity index (χ1v) is 11.3. The number of rotatable bonds is 6. The van der Waals surface area contributed by atoms with Gasteiger partial charge in [-0.15, -0.1) is 0 Å². The topological polar surface area (TPSA) is 116 Å². The molecule has 4 heterocycles. The molecular weight excluding hydrogens is 511 g/mol. The van der Waals surface area contributed by atoms with Gasteiger partial charge in [-0.2, -0.15) is 23.5 Å². The molecule has 0 aliphatic carbocycles. The van der Waals surface area contributed by atoms with Crippen molar-refractivity contribution in [2.75, 3.05) is 18.0 Å². The average Bonchev–Trinajstić information content (AvgIpc) is 3.52. The van der Waals surface area contributed by atoms with Crippen LogP contribution in [0.25, 0.3) is 22.3 Å². The van der Waals surface area contributed by atoms with E-state index in [1.807, 2.05) is 6.07 Å². The Balaban J connectivity index is 1.41. The molecule has 9 nitrogen and oxygen atoms in total. The number of aromatic nitrogens is 5. The molecule has 3 aromatic heterocycles. The van der Waals surface area contributed by atoms with Crippen molar-refractivity contribution in [1.29, 1.82) is 5.26 Å². The minimum atomic E-state index is -4.75. The number of alkyl halides is 3. The van der Waals surface area contributed by atoms with Gasteiger partial charge in [-0.3, -0.25) is 9.48 Å². The highest BCUT2D eigenvalue weighted by molar-refractivity contribution is 5.96. The summed E-state index contributed by atoms with van der Waals surface area (Å²) in [6, 6.07) is 3.04. The summed E-state index contributed by atoms with van der Waals surface area (Å²) in [7, 11) is 0. The number of H-pyrrole nitrogens is 1. The summed E-state index contributed by atoms with van der Waals surface area (Å²) in [4.78, 5) is 25.2. The van der Waals surface area contributed by atoms with Crippen LogP contribution in [0.1, 0.15) is 23.7 Å². The predicted octanol–water partition coefficient (Wildman–Crippen LogP) is 3.91. The summed E-state index contributed by atoms with van der Waals surface area (Å²) < 4.78 is 69.6. The number of benzene rings is 1. The molecule has 1 atom stereocenters. The fraction of sp³-hybridized carbons (Fsp3) is 0.292. The van der Waals surface area contributed by atoms with Crippen LogP contribution < -0.4 is 10.2 Å². The van der Waals surface area contributed by atoms with Gasteiger partial charge in [-0.05, 0) is 19.1 Å². The number of aromatic amines is 1. The molecule has 14 heteroatoms. The lowest BCUT2D eigenvalue weighted by Gasteiger charge is -2.50. The van der Waals surface area contributed by atoms with Crippen LogP contribution in [0.15, 0.2) is 43.1 Å². The van der Waals surface area contributed by atoms with Crippen molar-refractivity contribution in [2.24, 2.45) is 0 Å². The molecule has 196 valence electrons. The second-order valence-corrected chi connectivity index (χ2v) is 9.07. The van der Waals surface area contributed by atoms with Gasteiger partial charge in [0.2, 0.25) is 0 Å². The van der Waals surface area contributed by atoms with Crippen LogP contribution in [0.2, 0.25) is 0 Å². The number of hydrogen-bond acceptors (Lipinski definition) is 6. The van der Waals surface area contributed by atoms with Crippen molar-refractivity contribution in [1.82, 2.24) is 30.0 Å². The summed E-state index contributed by atoms with van der Waals surface area (Å²) in [5, 5.41) is 16.3. The first-order chi connectivity index (χ1) is 18.0. The molecule has 38 heavy (non-hydrogen) atoms. The zero-order chi connectivity index (χ0) is 27.2. The Bertz CT molecular complexity index is 1560. The summed E-state index contributed by atoms with van der Waals surface area (Å²) in [5.74, 6) is -3.56. The van der Waals surface area contributed by atoms with Gasteiger partial charge in [0.05, 0.1) is 35.6 Å². The van der Waals surface area contributed by atoms with Gasteiger partial charge >= 0.3 is 6.18 Å². The van der Waals surface area contributed by atoms with Crippen molar-refractivity contribution in [2.45, 2.75) is 31.1 Å². The van der Waals surface area contributed by atoms with Crippen LogP contribution >= 0.6 is 0 Å². The van der Waals surface area contributed by atoms with E-state index >= 15 is 4.39 Å². The molecule has 0 saturated carbocycles. The predicted molar refractivity (Wildman–Crippen MR) is 125 cm³/mol. The molecule has 2 N–H and O–H groups in total. The van der Waals surface area contributed by atoms with Crippen LogP contribution in [0, 0.1) is 23.0 Å². The summed E-state index contributed by atoms with van der Waals surface area (Å²) in [5.41, 5.74) is -0.151. The fourth-order valence-corrected chi connectivity index (χ4v) is 4.45. The van der Waals surface area contributed by atoms with E-state index in [4.69, 9.17) is 0 Å². The van der Waals surface area contributed by atoms with E-state index in [0.29, 0.717) is 29.9 Å². The summed E-state index contributed by atoms with van der Waals surface area (Å²) >= 11 is 0. The van der Waals surface area contributed by atoms with Crippen LogP contribution in [-0.4, -0.2) is 55.9 Å². The van der Waals surface area contributed by atoms with Gasteiger partial charge in [-0.25, -0.2) is 18.7 Å². The third kappa shape index (κ3) is 4.29. The van der Waals surface area contributed by atoms with E-state index < -0.39 is 40.9 Å². The standard InChI is InChI=1S/C24H19F5N8O/c1-13(24(27,28)29)35-22(38)17-6-15(25)7-18(19(17)26)36-10-23(11-36,3-4-30)37-9-14(8-34-37)20-16-2-5-31-21(16)33-12-32-20/h2,5-9,12-13H,3,10-11H2,1H3,(H,35,38)(H,31,32,33)/t13-/m0/s1. The van der Waals surface area contributed by atoms with E-state index in [0.717, 1.165) is 11.5 Å². The van der Waals surface area contributed by atoms with Crippen molar-refractivity contribution < 1.29 is 26.7 Å². The third-order valence-electron chi connectivity index (χ3n) is 6.52. The highest BCUT2D eigenvalue weighted by Gasteiger charge is 2.47. The molecular formula is C24H19F5N8O. The maximum Gasteiger partial charge on any atom is 0.408 e. The van der Waals surface area contributed by atoms with E-state index in [1.165, 1.54) is 11.2 Å². The van der Waals surface area contributed by atoms with Crippen molar-refractivity contribution >= 4 is 22.6 Å². The smallest absolute Gasteiger partial charge is 0.364 e. The monoisotopic (exact) mass is 530 g/mol. The Labute approximate surface area is 211 Å². The Kier molecular flexibility index (Phi) is 6.01. The number of nitriles is 1. The normalized spacial score (nSPS) is 15.7. The number of fused-ring (bicyclic) bond motifs is 1. The molecule has 0 radical (unpaired) electrons. The number of anilines is 1. The molecule has 4 aromatic rings. The van der Waals surface area contributed by atoms with Crippen molar-refractivity contribution in [3.63, 3.8) is 0 Å². The Morgan fingerprint density at radius 2 is 2.05 bits per heavy atom. The Morgan fingerprint density at radius 1 is 1.29 bits per heavy atom. The lowest BCUT2D eigenvalue weighted by Crippen LogP contribution is -2.63. The van der Waals surface area contributed by atoms with E-state index in [2.05, 4.69) is 26.1 Å². The molecule has 1 aromatic carbocycles. The SMILES string of the molecule is C[C@H](NC(=O)c1cc(F)cc(N2CC(CC#N)(n3cc(-c4ncnc5[nH]ccc45)cn3)C2)c1F)C(F)(F)F.